The third-order valence-electron chi connectivity index (χ3n) is 2.21. The van der Waals surface area contributed by atoms with Gasteiger partial charge in [0.05, 0.1) is 11.9 Å². The van der Waals surface area contributed by atoms with Crippen LogP contribution in [0.2, 0.25) is 0 Å². The smallest absolute Gasteiger partial charge is 0.266 e. The van der Waals surface area contributed by atoms with Crippen molar-refractivity contribution in [1.29, 1.82) is 0 Å². The van der Waals surface area contributed by atoms with Crippen LogP contribution in [-0.2, 0) is 10.0 Å². The van der Waals surface area contributed by atoms with Crippen molar-refractivity contribution in [3.05, 3.63) is 52.5 Å². The van der Waals surface area contributed by atoms with Crippen molar-refractivity contribution in [2.45, 2.75) is 4.90 Å². The van der Waals surface area contributed by atoms with Crippen molar-refractivity contribution >= 4 is 31.6 Å². The molecule has 2 aromatic rings. The Labute approximate surface area is 120 Å². The molecule has 0 bridgehead atoms. The summed E-state index contributed by atoms with van der Waals surface area (Å²) in [4.78, 5) is 2.51. The molecule has 0 saturated heterocycles. The fourth-order valence-corrected chi connectivity index (χ4v) is 3.64. The van der Waals surface area contributed by atoms with E-state index in [1.54, 1.807) is 0 Å². The van der Waals surface area contributed by atoms with Crippen LogP contribution < -0.4 is 4.72 Å². The molecule has 1 aromatic heterocycles. The fraction of sp³-hybridized carbons (Fsp3) is 0. The van der Waals surface area contributed by atoms with Crippen molar-refractivity contribution in [2.75, 3.05) is 4.72 Å². The van der Waals surface area contributed by atoms with E-state index in [1.165, 1.54) is 0 Å². The van der Waals surface area contributed by atoms with Crippen molar-refractivity contribution in [3.63, 3.8) is 0 Å². The molecule has 0 atom stereocenters. The Morgan fingerprint density at radius 1 is 1.15 bits per heavy atom. The summed E-state index contributed by atoms with van der Waals surface area (Å²) >= 11 is 2.78. The molecule has 0 spiro atoms. The van der Waals surface area contributed by atoms with Crippen LogP contribution in [0.15, 0.2) is 39.8 Å². The van der Waals surface area contributed by atoms with Crippen molar-refractivity contribution in [1.82, 2.24) is 4.98 Å². The molecular formula is C11H6BrF3N2O2S. The van der Waals surface area contributed by atoms with Crippen LogP contribution >= 0.6 is 15.9 Å². The summed E-state index contributed by atoms with van der Waals surface area (Å²) in [7, 11) is -4.31. The minimum atomic E-state index is -4.31. The number of hydrogen-bond donors (Lipinski definition) is 1. The van der Waals surface area contributed by atoms with Crippen LogP contribution in [0.3, 0.4) is 0 Å². The molecule has 2 rings (SSSR count). The van der Waals surface area contributed by atoms with Gasteiger partial charge in [-0.2, -0.15) is 4.39 Å². The first-order valence-electron chi connectivity index (χ1n) is 5.08. The average Bonchev–Trinajstić information content (AvgIpc) is 2.30. The molecule has 9 heteroatoms. The lowest BCUT2D eigenvalue weighted by atomic mass is 10.3. The van der Waals surface area contributed by atoms with E-state index in [4.69, 9.17) is 0 Å². The Morgan fingerprint density at radius 3 is 2.40 bits per heavy atom. The molecule has 4 nitrogen and oxygen atoms in total. The SMILES string of the molecule is O=S(=O)(Nc1ccc(F)nc1)c1c(F)cc(F)cc1Br. The first-order valence-corrected chi connectivity index (χ1v) is 7.36. The van der Waals surface area contributed by atoms with Gasteiger partial charge in [-0.15, -0.1) is 0 Å². The number of nitrogens with one attached hydrogen (secondary N) is 1. The van der Waals surface area contributed by atoms with Gasteiger partial charge in [0.1, 0.15) is 16.5 Å². The molecule has 20 heavy (non-hydrogen) atoms. The first-order chi connectivity index (χ1) is 9.29. The summed E-state index contributed by atoms with van der Waals surface area (Å²) in [6.07, 6.45) is 0.933. The number of aromatic nitrogens is 1. The van der Waals surface area contributed by atoms with Gasteiger partial charge in [-0.25, -0.2) is 22.2 Å². The predicted molar refractivity (Wildman–Crippen MR) is 69.1 cm³/mol. The van der Waals surface area contributed by atoms with Crippen LogP contribution in [0.25, 0.3) is 0 Å². The minimum Gasteiger partial charge on any atom is -0.278 e. The summed E-state index contributed by atoms with van der Waals surface area (Å²) < 4.78 is 64.9. The second-order valence-corrected chi connectivity index (χ2v) is 6.15. The zero-order valence-electron chi connectivity index (χ0n) is 9.57. The highest BCUT2D eigenvalue weighted by molar-refractivity contribution is 9.10. The lowest BCUT2D eigenvalue weighted by Crippen LogP contribution is -2.15. The minimum absolute atomic E-state index is 0.0537. The molecule has 0 amide bonds. The van der Waals surface area contributed by atoms with Gasteiger partial charge in [-0.05, 0) is 34.1 Å². The number of benzene rings is 1. The summed E-state index contributed by atoms with van der Waals surface area (Å²) in [6, 6.07) is 3.33. The molecule has 1 aromatic carbocycles. The summed E-state index contributed by atoms with van der Waals surface area (Å²) in [5, 5.41) is 0. The second-order valence-electron chi connectivity index (χ2n) is 3.67. The lowest BCUT2D eigenvalue weighted by Gasteiger charge is -2.10. The summed E-state index contributed by atoms with van der Waals surface area (Å²) in [6.45, 7) is 0. The predicted octanol–water partition coefficient (Wildman–Crippen LogP) is 3.06. The topological polar surface area (TPSA) is 59.1 Å². The molecule has 0 fully saturated rings. The van der Waals surface area contributed by atoms with E-state index in [0.717, 1.165) is 24.4 Å². The monoisotopic (exact) mass is 366 g/mol. The fourth-order valence-electron chi connectivity index (χ4n) is 1.43. The van der Waals surface area contributed by atoms with Gasteiger partial charge < -0.3 is 0 Å². The normalized spacial score (nSPS) is 11.4. The molecule has 0 aliphatic heterocycles. The summed E-state index contributed by atoms with van der Waals surface area (Å²) in [5.74, 6) is -2.96. The maximum Gasteiger partial charge on any atom is 0.266 e. The Kier molecular flexibility index (Phi) is 4.00. The van der Waals surface area contributed by atoms with Crippen molar-refractivity contribution in [3.8, 4) is 0 Å². The number of sulfonamides is 1. The molecule has 0 unspecified atom stereocenters. The van der Waals surface area contributed by atoms with Gasteiger partial charge in [-0.1, -0.05) is 0 Å². The van der Waals surface area contributed by atoms with Gasteiger partial charge in [0.2, 0.25) is 5.95 Å². The van der Waals surface area contributed by atoms with Gasteiger partial charge in [0, 0.05) is 10.5 Å². The van der Waals surface area contributed by atoms with Gasteiger partial charge >= 0.3 is 0 Å². The Bertz CT molecular complexity index is 728. The molecule has 0 aliphatic carbocycles. The number of hydrogen-bond acceptors (Lipinski definition) is 3. The Morgan fingerprint density at radius 2 is 1.85 bits per heavy atom. The number of pyridine rings is 1. The number of anilines is 1. The maximum absolute atomic E-state index is 13.6. The van der Waals surface area contributed by atoms with Crippen molar-refractivity contribution in [2.24, 2.45) is 0 Å². The third-order valence-corrected chi connectivity index (χ3v) is 4.56. The largest absolute Gasteiger partial charge is 0.278 e. The standard InChI is InChI=1S/C11H6BrF3N2O2S/c12-8-3-6(13)4-9(14)11(8)20(18,19)17-7-1-2-10(15)16-5-7/h1-5,17H. The van der Waals surface area contributed by atoms with Crippen LogP contribution in [0.4, 0.5) is 18.9 Å². The van der Waals surface area contributed by atoms with E-state index in [2.05, 4.69) is 20.9 Å². The van der Waals surface area contributed by atoms with Gasteiger partial charge in [0.25, 0.3) is 10.0 Å². The maximum atomic E-state index is 13.6. The lowest BCUT2D eigenvalue weighted by molar-refractivity contribution is 0.548. The van der Waals surface area contributed by atoms with E-state index in [0.29, 0.717) is 6.07 Å². The number of nitrogens with zero attached hydrogens (tertiary/aromatic N) is 1. The van der Waals surface area contributed by atoms with E-state index in [-0.39, 0.29) is 10.2 Å². The molecular weight excluding hydrogens is 361 g/mol. The molecule has 0 saturated carbocycles. The van der Waals surface area contributed by atoms with E-state index in [1.807, 2.05) is 4.72 Å². The number of rotatable bonds is 3. The molecule has 106 valence electrons. The zero-order valence-corrected chi connectivity index (χ0v) is 12.0. The zero-order chi connectivity index (χ0) is 14.9. The van der Waals surface area contributed by atoms with E-state index >= 15 is 0 Å². The van der Waals surface area contributed by atoms with E-state index in [9.17, 15) is 21.6 Å². The van der Waals surface area contributed by atoms with E-state index < -0.39 is 32.5 Å². The number of halogens is 4. The second kappa shape index (κ2) is 5.41. The van der Waals surface area contributed by atoms with Crippen LogP contribution in [0, 0.1) is 17.6 Å². The van der Waals surface area contributed by atoms with Gasteiger partial charge in [-0.3, -0.25) is 4.72 Å². The highest BCUT2D eigenvalue weighted by atomic mass is 79.9. The highest BCUT2D eigenvalue weighted by Gasteiger charge is 2.23. The Balaban J connectivity index is 2.43. The van der Waals surface area contributed by atoms with Crippen LogP contribution in [0.1, 0.15) is 0 Å². The quantitative estimate of drug-likeness (QED) is 0.849. The van der Waals surface area contributed by atoms with Crippen LogP contribution in [0.5, 0.6) is 0 Å². The molecule has 0 aliphatic rings. The molecule has 1 N–H and O–H groups in total. The first kappa shape index (κ1) is 14.8. The van der Waals surface area contributed by atoms with Crippen molar-refractivity contribution < 1.29 is 21.6 Å². The summed E-state index contributed by atoms with van der Waals surface area (Å²) in [5.41, 5.74) is -0.0537. The Hall–Kier alpha value is -1.61. The average molecular weight is 367 g/mol. The molecule has 1 heterocycles. The third kappa shape index (κ3) is 3.10. The van der Waals surface area contributed by atoms with Crippen LogP contribution in [-0.4, -0.2) is 13.4 Å². The van der Waals surface area contributed by atoms with Gasteiger partial charge in [0.15, 0.2) is 0 Å². The molecule has 0 radical (unpaired) electrons. The highest BCUT2D eigenvalue weighted by Crippen LogP contribution is 2.27.